The van der Waals surface area contributed by atoms with E-state index in [-0.39, 0.29) is 6.04 Å². The van der Waals surface area contributed by atoms with Gasteiger partial charge in [0.25, 0.3) is 0 Å². The molecule has 5 heteroatoms. The smallest absolute Gasteiger partial charge is 0.240 e. The molecule has 21 heavy (non-hydrogen) atoms. The second-order valence-electron chi connectivity index (χ2n) is 5.73. The van der Waals surface area contributed by atoms with Crippen LogP contribution in [0.2, 0.25) is 0 Å². The van der Waals surface area contributed by atoms with Crippen molar-refractivity contribution >= 4 is 0 Å². The molecule has 0 saturated carbocycles. The van der Waals surface area contributed by atoms with E-state index in [1.54, 1.807) is 0 Å². The van der Waals surface area contributed by atoms with Crippen molar-refractivity contribution in [2.24, 2.45) is 5.73 Å². The molecule has 3 rings (SSSR count). The van der Waals surface area contributed by atoms with E-state index in [0.717, 1.165) is 31.8 Å². The van der Waals surface area contributed by atoms with E-state index in [1.165, 1.54) is 5.56 Å². The van der Waals surface area contributed by atoms with Gasteiger partial charge in [0.15, 0.2) is 5.82 Å². The van der Waals surface area contributed by atoms with E-state index < -0.39 is 0 Å². The number of hydrogen-bond donors (Lipinski definition) is 1. The fraction of sp³-hybridized carbons (Fsp3) is 0.500. The van der Waals surface area contributed by atoms with Gasteiger partial charge in [-0.25, -0.2) is 0 Å². The van der Waals surface area contributed by atoms with Gasteiger partial charge in [0.2, 0.25) is 5.89 Å². The SMILES string of the molecule is CCCc1noc(CN2C[C@@H](N)[C@H](c3ccccc3)C2)n1. The van der Waals surface area contributed by atoms with E-state index in [4.69, 9.17) is 10.3 Å². The molecule has 2 atom stereocenters. The Labute approximate surface area is 125 Å². The number of benzene rings is 1. The molecule has 1 aromatic carbocycles. The Morgan fingerprint density at radius 1 is 1.29 bits per heavy atom. The van der Waals surface area contributed by atoms with E-state index >= 15 is 0 Å². The standard InChI is InChI=1S/C16H22N4O/c1-2-6-15-18-16(21-19-15)11-20-9-13(14(17)10-20)12-7-4-3-5-8-12/h3-5,7-8,13-14H,2,6,9-11,17H2,1H3/t13-,14+/m0/s1. The molecular formula is C16H22N4O. The predicted molar refractivity (Wildman–Crippen MR) is 80.7 cm³/mol. The largest absolute Gasteiger partial charge is 0.338 e. The third-order valence-electron chi connectivity index (χ3n) is 4.01. The third-order valence-corrected chi connectivity index (χ3v) is 4.01. The van der Waals surface area contributed by atoms with Crippen LogP contribution in [0.15, 0.2) is 34.9 Å². The highest BCUT2D eigenvalue weighted by molar-refractivity contribution is 5.23. The summed E-state index contributed by atoms with van der Waals surface area (Å²) in [5.41, 5.74) is 7.61. The first-order valence-corrected chi connectivity index (χ1v) is 7.60. The minimum atomic E-state index is 0.158. The van der Waals surface area contributed by atoms with Crippen LogP contribution in [0, 0.1) is 0 Å². The lowest BCUT2D eigenvalue weighted by Crippen LogP contribution is -2.28. The van der Waals surface area contributed by atoms with Gasteiger partial charge >= 0.3 is 0 Å². The normalized spacial score (nSPS) is 22.8. The second kappa shape index (κ2) is 6.37. The Morgan fingerprint density at radius 3 is 2.86 bits per heavy atom. The molecule has 2 heterocycles. The summed E-state index contributed by atoms with van der Waals surface area (Å²) in [7, 11) is 0. The zero-order valence-corrected chi connectivity index (χ0v) is 12.4. The first-order valence-electron chi connectivity index (χ1n) is 7.60. The van der Waals surface area contributed by atoms with Gasteiger partial charge in [0.05, 0.1) is 6.54 Å². The fourth-order valence-electron chi connectivity index (χ4n) is 2.97. The van der Waals surface area contributed by atoms with E-state index in [9.17, 15) is 0 Å². The topological polar surface area (TPSA) is 68.2 Å². The molecule has 1 saturated heterocycles. The van der Waals surface area contributed by atoms with Gasteiger partial charge in [-0.3, -0.25) is 4.90 Å². The van der Waals surface area contributed by atoms with E-state index in [2.05, 4.69) is 46.2 Å². The monoisotopic (exact) mass is 286 g/mol. The minimum Gasteiger partial charge on any atom is -0.338 e. The Balaban J connectivity index is 1.63. The average Bonchev–Trinajstić information content (AvgIpc) is 3.07. The van der Waals surface area contributed by atoms with Gasteiger partial charge in [0.1, 0.15) is 0 Å². The lowest BCUT2D eigenvalue weighted by molar-refractivity contribution is 0.263. The lowest BCUT2D eigenvalue weighted by atomic mass is 9.95. The zero-order valence-electron chi connectivity index (χ0n) is 12.4. The summed E-state index contributed by atoms with van der Waals surface area (Å²) in [4.78, 5) is 6.72. The van der Waals surface area contributed by atoms with Gasteiger partial charge in [-0.1, -0.05) is 42.4 Å². The molecule has 5 nitrogen and oxygen atoms in total. The Morgan fingerprint density at radius 2 is 2.10 bits per heavy atom. The molecule has 0 bridgehead atoms. The molecule has 2 N–H and O–H groups in total. The highest BCUT2D eigenvalue weighted by Crippen LogP contribution is 2.27. The first-order chi connectivity index (χ1) is 10.3. The quantitative estimate of drug-likeness (QED) is 0.910. The predicted octanol–water partition coefficient (Wildman–Crippen LogP) is 1.95. The van der Waals surface area contributed by atoms with Crippen molar-refractivity contribution in [1.29, 1.82) is 0 Å². The summed E-state index contributed by atoms with van der Waals surface area (Å²) in [5.74, 6) is 1.87. The number of nitrogens with two attached hydrogens (primary N) is 1. The van der Waals surface area contributed by atoms with Crippen molar-refractivity contribution in [1.82, 2.24) is 15.0 Å². The number of aryl methyl sites for hydroxylation is 1. The molecule has 0 amide bonds. The summed E-state index contributed by atoms with van der Waals surface area (Å²) >= 11 is 0. The first kappa shape index (κ1) is 14.2. The Kier molecular flexibility index (Phi) is 4.31. The number of likely N-dealkylation sites (tertiary alicyclic amines) is 1. The van der Waals surface area contributed by atoms with Crippen LogP contribution >= 0.6 is 0 Å². The molecule has 0 unspecified atom stereocenters. The molecule has 1 fully saturated rings. The van der Waals surface area contributed by atoms with Crippen LogP contribution in [0.25, 0.3) is 0 Å². The van der Waals surface area contributed by atoms with Gasteiger partial charge in [-0.2, -0.15) is 4.98 Å². The van der Waals surface area contributed by atoms with Crippen LogP contribution in [0.4, 0.5) is 0 Å². The molecule has 0 spiro atoms. The maximum atomic E-state index is 6.30. The minimum absolute atomic E-state index is 0.158. The molecule has 112 valence electrons. The molecule has 2 aromatic rings. The van der Waals surface area contributed by atoms with Crippen molar-refractivity contribution in [2.45, 2.75) is 38.3 Å². The Hall–Kier alpha value is -1.72. The van der Waals surface area contributed by atoms with Crippen LogP contribution in [0.5, 0.6) is 0 Å². The molecule has 1 aliphatic heterocycles. The summed E-state index contributed by atoms with van der Waals surface area (Å²) in [6.45, 7) is 4.61. The lowest BCUT2D eigenvalue weighted by Gasteiger charge is -2.14. The second-order valence-corrected chi connectivity index (χ2v) is 5.73. The fourth-order valence-corrected chi connectivity index (χ4v) is 2.97. The maximum absolute atomic E-state index is 6.30. The number of rotatable bonds is 5. The Bertz CT molecular complexity index is 569. The summed E-state index contributed by atoms with van der Waals surface area (Å²) in [5, 5.41) is 4.00. The molecular weight excluding hydrogens is 264 g/mol. The molecule has 0 aliphatic carbocycles. The highest BCUT2D eigenvalue weighted by Gasteiger charge is 2.31. The number of aromatic nitrogens is 2. The van der Waals surface area contributed by atoms with Crippen LogP contribution in [-0.4, -0.2) is 34.2 Å². The summed E-state index contributed by atoms with van der Waals surface area (Å²) in [6, 6.07) is 10.6. The van der Waals surface area contributed by atoms with Crippen LogP contribution in [-0.2, 0) is 13.0 Å². The van der Waals surface area contributed by atoms with Crippen LogP contribution < -0.4 is 5.73 Å². The van der Waals surface area contributed by atoms with Gasteiger partial charge in [-0.05, 0) is 12.0 Å². The van der Waals surface area contributed by atoms with Crippen LogP contribution in [0.3, 0.4) is 0 Å². The molecule has 1 aromatic heterocycles. The third kappa shape index (κ3) is 3.31. The highest BCUT2D eigenvalue weighted by atomic mass is 16.5. The van der Waals surface area contributed by atoms with Gasteiger partial charge in [-0.15, -0.1) is 0 Å². The van der Waals surface area contributed by atoms with Crippen molar-refractivity contribution in [3.05, 3.63) is 47.6 Å². The summed E-state index contributed by atoms with van der Waals surface area (Å²) < 4.78 is 5.31. The van der Waals surface area contributed by atoms with Crippen molar-refractivity contribution < 1.29 is 4.52 Å². The molecule has 0 radical (unpaired) electrons. The average molecular weight is 286 g/mol. The summed E-state index contributed by atoms with van der Waals surface area (Å²) in [6.07, 6.45) is 1.90. The van der Waals surface area contributed by atoms with Crippen molar-refractivity contribution in [2.75, 3.05) is 13.1 Å². The van der Waals surface area contributed by atoms with E-state index in [1.807, 2.05) is 6.07 Å². The van der Waals surface area contributed by atoms with Crippen LogP contribution in [0.1, 0.15) is 36.5 Å². The van der Waals surface area contributed by atoms with Crippen molar-refractivity contribution in [3.63, 3.8) is 0 Å². The van der Waals surface area contributed by atoms with E-state index in [0.29, 0.717) is 18.4 Å². The maximum Gasteiger partial charge on any atom is 0.240 e. The van der Waals surface area contributed by atoms with Gasteiger partial charge in [0, 0.05) is 31.5 Å². The zero-order chi connectivity index (χ0) is 14.7. The van der Waals surface area contributed by atoms with Crippen molar-refractivity contribution in [3.8, 4) is 0 Å². The number of hydrogen-bond acceptors (Lipinski definition) is 5. The van der Waals surface area contributed by atoms with Gasteiger partial charge < -0.3 is 10.3 Å². The number of nitrogens with zero attached hydrogens (tertiary/aromatic N) is 3. The molecule has 1 aliphatic rings.